The van der Waals surface area contributed by atoms with Crippen LogP contribution in [0.3, 0.4) is 0 Å². The van der Waals surface area contributed by atoms with Gasteiger partial charge in [-0.05, 0) is 38.6 Å². The molecule has 2 heterocycles. The maximum Gasteiger partial charge on any atom is 0.254 e. The molecular formula is C16H25N3O2S. The minimum Gasteiger partial charge on any atom is -0.353 e. The molecule has 2 rings (SSSR count). The molecule has 0 radical (unpaired) electrons. The summed E-state index contributed by atoms with van der Waals surface area (Å²) in [4.78, 5) is 28.6. The van der Waals surface area contributed by atoms with Crippen LogP contribution in [-0.2, 0) is 4.79 Å². The summed E-state index contributed by atoms with van der Waals surface area (Å²) < 4.78 is 0. The Bertz CT molecular complexity index is 501. The van der Waals surface area contributed by atoms with E-state index >= 15 is 0 Å². The van der Waals surface area contributed by atoms with Gasteiger partial charge in [0.25, 0.3) is 5.91 Å². The summed E-state index contributed by atoms with van der Waals surface area (Å²) in [6, 6.07) is 1.87. The van der Waals surface area contributed by atoms with Crippen molar-refractivity contribution in [3.63, 3.8) is 0 Å². The number of amides is 2. The van der Waals surface area contributed by atoms with Crippen LogP contribution < -0.4 is 5.32 Å². The molecule has 0 aliphatic carbocycles. The second kappa shape index (κ2) is 7.74. The van der Waals surface area contributed by atoms with Crippen LogP contribution in [0, 0.1) is 0 Å². The van der Waals surface area contributed by atoms with E-state index in [9.17, 15) is 9.59 Å². The molecule has 6 heteroatoms. The van der Waals surface area contributed by atoms with Crippen molar-refractivity contribution in [3.8, 4) is 0 Å². The van der Waals surface area contributed by atoms with E-state index < -0.39 is 0 Å². The first-order valence-electron chi connectivity index (χ1n) is 7.85. The normalized spacial score (nSPS) is 18.1. The van der Waals surface area contributed by atoms with Crippen LogP contribution in [-0.4, -0.2) is 59.9 Å². The Hall–Kier alpha value is -1.40. The highest BCUT2D eigenvalue weighted by molar-refractivity contribution is 7.08. The summed E-state index contributed by atoms with van der Waals surface area (Å²) >= 11 is 1.54. The van der Waals surface area contributed by atoms with Crippen LogP contribution in [0.15, 0.2) is 16.8 Å². The first-order chi connectivity index (χ1) is 10.5. The monoisotopic (exact) mass is 323 g/mol. The van der Waals surface area contributed by atoms with E-state index in [0.717, 1.165) is 31.6 Å². The number of rotatable bonds is 4. The van der Waals surface area contributed by atoms with Crippen LogP contribution in [0.2, 0.25) is 0 Å². The number of hydrogen-bond acceptors (Lipinski definition) is 4. The minimum absolute atomic E-state index is 0.0626. The van der Waals surface area contributed by atoms with Gasteiger partial charge in [0.15, 0.2) is 0 Å². The predicted octanol–water partition coefficient (Wildman–Crippen LogP) is 1.81. The van der Waals surface area contributed by atoms with Crippen molar-refractivity contribution in [2.24, 2.45) is 0 Å². The Kier molecular flexibility index (Phi) is 5.97. The Morgan fingerprint density at radius 2 is 1.95 bits per heavy atom. The lowest BCUT2D eigenvalue weighted by Crippen LogP contribution is -2.48. The largest absolute Gasteiger partial charge is 0.353 e. The zero-order valence-corrected chi connectivity index (χ0v) is 14.4. The average molecular weight is 323 g/mol. The molecule has 1 aliphatic heterocycles. The zero-order valence-electron chi connectivity index (χ0n) is 13.5. The Labute approximate surface area is 136 Å². The summed E-state index contributed by atoms with van der Waals surface area (Å²) in [5, 5.41) is 6.78. The fraction of sp³-hybridized carbons (Fsp3) is 0.625. The van der Waals surface area contributed by atoms with Crippen molar-refractivity contribution in [2.45, 2.75) is 39.3 Å². The van der Waals surface area contributed by atoms with Crippen molar-refractivity contribution in [2.75, 3.05) is 26.2 Å². The fourth-order valence-corrected chi connectivity index (χ4v) is 3.30. The quantitative estimate of drug-likeness (QED) is 0.919. The maximum absolute atomic E-state index is 12.4. The molecule has 122 valence electrons. The van der Waals surface area contributed by atoms with Crippen molar-refractivity contribution < 1.29 is 9.59 Å². The van der Waals surface area contributed by atoms with Gasteiger partial charge in [-0.1, -0.05) is 0 Å². The second-order valence-corrected chi connectivity index (χ2v) is 6.81. The third kappa shape index (κ3) is 4.30. The van der Waals surface area contributed by atoms with E-state index in [1.165, 1.54) is 0 Å². The standard InChI is InChI=1S/C16H25N3O2S/c1-12(2)17-15(20)13(3)18-6-4-7-19(9-8-18)16(21)14-5-10-22-11-14/h5,10-13H,4,6-9H2,1-3H3,(H,17,20). The van der Waals surface area contributed by atoms with Gasteiger partial charge in [-0.3, -0.25) is 14.5 Å². The molecule has 1 aliphatic rings. The van der Waals surface area contributed by atoms with Gasteiger partial charge in [0.2, 0.25) is 5.91 Å². The van der Waals surface area contributed by atoms with Gasteiger partial charge in [-0.25, -0.2) is 0 Å². The summed E-state index contributed by atoms with van der Waals surface area (Å²) in [6.07, 6.45) is 0.898. The highest BCUT2D eigenvalue weighted by Crippen LogP contribution is 2.13. The number of carbonyl (C=O) groups is 2. The average Bonchev–Trinajstić information content (AvgIpc) is 2.89. The molecule has 1 unspecified atom stereocenters. The van der Waals surface area contributed by atoms with Gasteiger partial charge in [0.05, 0.1) is 11.6 Å². The van der Waals surface area contributed by atoms with Gasteiger partial charge < -0.3 is 10.2 Å². The lowest BCUT2D eigenvalue weighted by molar-refractivity contribution is -0.126. The molecule has 5 nitrogen and oxygen atoms in total. The SMILES string of the molecule is CC(C)NC(=O)C(C)N1CCCN(C(=O)c2ccsc2)CC1. The molecule has 0 spiro atoms. The summed E-state index contributed by atoms with van der Waals surface area (Å²) in [5.41, 5.74) is 0.768. The van der Waals surface area contributed by atoms with E-state index in [0.29, 0.717) is 6.54 Å². The number of hydrogen-bond donors (Lipinski definition) is 1. The van der Waals surface area contributed by atoms with E-state index in [-0.39, 0.29) is 23.9 Å². The van der Waals surface area contributed by atoms with E-state index in [4.69, 9.17) is 0 Å². The molecular weight excluding hydrogens is 298 g/mol. The smallest absolute Gasteiger partial charge is 0.254 e. The van der Waals surface area contributed by atoms with Crippen LogP contribution in [0.1, 0.15) is 37.6 Å². The van der Waals surface area contributed by atoms with Gasteiger partial charge in [0.1, 0.15) is 0 Å². The Morgan fingerprint density at radius 3 is 2.59 bits per heavy atom. The van der Waals surface area contributed by atoms with Gasteiger partial charge >= 0.3 is 0 Å². The number of thiophene rings is 1. The molecule has 2 amide bonds. The molecule has 1 aromatic rings. The topological polar surface area (TPSA) is 52.7 Å². The van der Waals surface area contributed by atoms with Crippen LogP contribution in [0.4, 0.5) is 0 Å². The molecule has 1 atom stereocenters. The first kappa shape index (κ1) is 17.0. The highest BCUT2D eigenvalue weighted by atomic mass is 32.1. The zero-order chi connectivity index (χ0) is 16.1. The Morgan fingerprint density at radius 1 is 1.18 bits per heavy atom. The first-order valence-corrected chi connectivity index (χ1v) is 8.79. The van der Waals surface area contributed by atoms with Crippen molar-refractivity contribution in [1.82, 2.24) is 15.1 Å². The summed E-state index contributed by atoms with van der Waals surface area (Å²) in [6.45, 7) is 8.89. The number of carbonyl (C=O) groups excluding carboxylic acids is 2. The van der Waals surface area contributed by atoms with E-state index in [1.54, 1.807) is 11.3 Å². The molecule has 1 aromatic heterocycles. The van der Waals surface area contributed by atoms with Crippen molar-refractivity contribution in [1.29, 1.82) is 0 Å². The summed E-state index contributed by atoms with van der Waals surface area (Å²) in [7, 11) is 0. The van der Waals surface area contributed by atoms with Crippen molar-refractivity contribution >= 4 is 23.2 Å². The van der Waals surface area contributed by atoms with Crippen LogP contribution in [0.25, 0.3) is 0 Å². The van der Waals surface area contributed by atoms with Crippen LogP contribution >= 0.6 is 11.3 Å². The van der Waals surface area contributed by atoms with Gasteiger partial charge in [-0.15, -0.1) is 0 Å². The van der Waals surface area contributed by atoms with E-state index in [1.807, 2.05) is 42.5 Å². The molecule has 0 aromatic carbocycles. The molecule has 0 bridgehead atoms. The van der Waals surface area contributed by atoms with Gasteiger partial charge in [-0.2, -0.15) is 11.3 Å². The van der Waals surface area contributed by atoms with Gasteiger partial charge in [0, 0.05) is 37.6 Å². The van der Waals surface area contributed by atoms with Crippen LogP contribution in [0.5, 0.6) is 0 Å². The molecule has 22 heavy (non-hydrogen) atoms. The molecule has 0 saturated carbocycles. The molecule has 1 N–H and O–H groups in total. The lowest BCUT2D eigenvalue weighted by atomic mass is 10.2. The maximum atomic E-state index is 12.4. The number of nitrogens with zero attached hydrogens (tertiary/aromatic N) is 2. The second-order valence-electron chi connectivity index (χ2n) is 6.03. The molecule has 1 fully saturated rings. The lowest BCUT2D eigenvalue weighted by Gasteiger charge is -2.27. The third-order valence-corrected chi connectivity index (χ3v) is 4.63. The third-order valence-electron chi connectivity index (χ3n) is 3.94. The predicted molar refractivity (Wildman–Crippen MR) is 89.2 cm³/mol. The molecule has 1 saturated heterocycles. The van der Waals surface area contributed by atoms with E-state index in [2.05, 4.69) is 10.2 Å². The Balaban J connectivity index is 1.92. The number of nitrogens with one attached hydrogen (secondary N) is 1. The highest BCUT2D eigenvalue weighted by Gasteiger charge is 2.26. The minimum atomic E-state index is -0.154. The fourth-order valence-electron chi connectivity index (χ4n) is 2.67. The van der Waals surface area contributed by atoms with Crippen molar-refractivity contribution in [3.05, 3.63) is 22.4 Å². The summed E-state index contributed by atoms with van der Waals surface area (Å²) in [5.74, 6) is 0.162.